The minimum atomic E-state index is -0.410. The van der Waals surface area contributed by atoms with E-state index in [0.717, 1.165) is 27.4 Å². The second-order valence-corrected chi connectivity index (χ2v) is 6.69. The zero-order valence-corrected chi connectivity index (χ0v) is 14.9. The zero-order valence-electron chi connectivity index (χ0n) is 14.9. The van der Waals surface area contributed by atoms with Crippen LogP contribution in [0.5, 0.6) is 0 Å². The van der Waals surface area contributed by atoms with Crippen molar-refractivity contribution in [2.75, 3.05) is 0 Å². The molecule has 6 heteroatoms. The first-order valence-corrected chi connectivity index (χ1v) is 8.63. The minimum Gasteiger partial charge on any atom is -0.350 e. The number of benzene rings is 2. The van der Waals surface area contributed by atoms with Crippen LogP contribution in [0.3, 0.4) is 0 Å². The Kier molecular flexibility index (Phi) is 3.12. The predicted octanol–water partition coefficient (Wildman–Crippen LogP) is 2.63. The third-order valence-corrected chi connectivity index (χ3v) is 5.09. The van der Waals surface area contributed by atoms with E-state index in [1.54, 1.807) is 4.68 Å². The fraction of sp³-hybridized carbons (Fsp3) is 0.0952. The minimum absolute atomic E-state index is 0.327. The van der Waals surface area contributed by atoms with E-state index >= 15 is 0 Å². The molecule has 2 aromatic carbocycles. The van der Waals surface area contributed by atoms with Crippen LogP contribution in [-0.2, 0) is 23.7 Å². The Morgan fingerprint density at radius 2 is 1.44 bits per heavy atom. The molecule has 0 aliphatic carbocycles. The Morgan fingerprint density at radius 1 is 0.815 bits per heavy atom. The summed E-state index contributed by atoms with van der Waals surface area (Å²) < 4.78 is 3.69. The molecule has 1 N–H and O–H groups in total. The van der Waals surface area contributed by atoms with Gasteiger partial charge in [0.1, 0.15) is 5.69 Å². The molecule has 27 heavy (non-hydrogen) atoms. The van der Waals surface area contributed by atoms with E-state index < -0.39 is 5.91 Å². The fourth-order valence-electron chi connectivity index (χ4n) is 3.88. The van der Waals surface area contributed by atoms with Gasteiger partial charge in [-0.3, -0.25) is 19.6 Å². The highest BCUT2D eigenvalue weighted by Gasteiger charge is 2.36. The lowest BCUT2D eigenvalue weighted by Gasteiger charge is -2.01. The maximum atomic E-state index is 12.7. The number of nitrogens with zero attached hydrogens (tertiary/aromatic N) is 3. The van der Waals surface area contributed by atoms with Gasteiger partial charge in [0, 0.05) is 42.1 Å². The number of amides is 2. The van der Waals surface area contributed by atoms with Gasteiger partial charge in [-0.2, -0.15) is 5.10 Å². The van der Waals surface area contributed by atoms with E-state index in [1.165, 1.54) is 0 Å². The molecule has 1 aliphatic rings. The smallest absolute Gasteiger partial charge is 0.261 e. The molecular weight excluding hydrogens is 340 g/mol. The molecule has 0 radical (unpaired) electrons. The molecule has 0 atom stereocenters. The maximum absolute atomic E-state index is 12.7. The Labute approximate surface area is 154 Å². The number of hydrogen-bond donors (Lipinski definition) is 1. The Morgan fingerprint density at radius 3 is 2.22 bits per heavy atom. The number of carbonyl (C=O) groups is 2. The predicted molar refractivity (Wildman–Crippen MR) is 104 cm³/mol. The van der Waals surface area contributed by atoms with Gasteiger partial charge >= 0.3 is 0 Å². The summed E-state index contributed by atoms with van der Waals surface area (Å²) in [6.07, 6.45) is 1.89. The third-order valence-electron chi connectivity index (χ3n) is 5.09. The average molecular weight is 356 g/mol. The van der Waals surface area contributed by atoms with Gasteiger partial charge in [-0.05, 0) is 12.1 Å². The summed E-state index contributed by atoms with van der Waals surface area (Å²) in [5.74, 6) is -0.798. The van der Waals surface area contributed by atoms with Crippen molar-refractivity contribution < 1.29 is 9.59 Å². The number of carbonyl (C=O) groups excluding carboxylic acids is 2. The van der Waals surface area contributed by atoms with E-state index in [-0.39, 0.29) is 5.91 Å². The standard InChI is InChI=1S/C21H16N4O2/c1-24-11-14(12-7-3-5-9-15(12)24)17-18(21(27)22-20(17)26)19-13-8-4-6-10-16(13)25(2)23-19/h3-11H,1-2H3,(H,22,26,27). The van der Waals surface area contributed by atoms with Crippen LogP contribution in [0, 0.1) is 0 Å². The maximum Gasteiger partial charge on any atom is 0.261 e. The van der Waals surface area contributed by atoms with Crippen LogP contribution in [0.15, 0.2) is 54.7 Å². The molecule has 1 aliphatic heterocycles. The van der Waals surface area contributed by atoms with Crippen molar-refractivity contribution in [2.45, 2.75) is 0 Å². The summed E-state index contributed by atoms with van der Waals surface area (Å²) in [6.45, 7) is 0. The van der Waals surface area contributed by atoms with Gasteiger partial charge in [-0.1, -0.05) is 36.4 Å². The van der Waals surface area contributed by atoms with Crippen LogP contribution in [-0.4, -0.2) is 26.2 Å². The van der Waals surface area contributed by atoms with Gasteiger partial charge in [-0.25, -0.2) is 0 Å². The molecule has 0 bridgehead atoms. The van der Waals surface area contributed by atoms with Crippen molar-refractivity contribution in [2.24, 2.45) is 14.1 Å². The quantitative estimate of drug-likeness (QED) is 0.562. The lowest BCUT2D eigenvalue weighted by molar-refractivity contribution is -0.122. The fourth-order valence-corrected chi connectivity index (χ4v) is 3.88. The van der Waals surface area contributed by atoms with E-state index in [1.807, 2.05) is 73.4 Å². The summed E-state index contributed by atoms with van der Waals surface area (Å²) in [7, 11) is 3.76. The van der Waals surface area contributed by atoms with Gasteiger partial charge in [0.25, 0.3) is 11.8 Å². The van der Waals surface area contributed by atoms with Crippen molar-refractivity contribution in [3.8, 4) is 0 Å². The highest BCUT2D eigenvalue weighted by molar-refractivity contribution is 6.50. The first-order chi connectivity index (χ1) is 13.1. The largest absolute Gasteiger partial charge is 0.350 e. The van der Waals surface area contributed by atoms with Crippen molar-refractivity contribution in [3.05, 3.63) is 66.0 Å². The molecule has 4 aromatic rings. The summed E-state index contributed by atoms with van der Waals surface area (Å²) in [5.41, 5.74) is 3.87. The molecule has 3 heterocycles. The first-order valence-electron chi connectivity index (χ1n) is 8.63. The number of rotatable bonds is 2. The van der Waals surface area contributed by atoms with Crippen LogP contribution < -0.4 is 5.32 Å². The number of nitrogens with one attached hydrogen (secondary N) is 1. The number of fused-ring (bicyclic) bond motifs is 2. The van der Waals surface area contributed by atoms with Crippen LogP contribution in [0.4, 0.5) is 0 Å². The molecule has 0 fully saturated rings. The van der Waals surface area contributed by atoms with E-state index in [0.29, 0.717) is 16.8 Å². The van der Waals surface area contributed by atoms with Crippen LogP contribution in [0.2, 0.25) is 0 Å². The van der Waals surface area contributed by atoms with Crippen LogP contribution in [0.25, 0.3) is 33.0 Å². The van der Waals surface area contributed by atoms with E-state index in [2.05, 4.69) is 10.4 Å². The van der Waals surface area contributed by atoms with Crippen LogP contribution >= 0.6 is 0 Å². The summed E-state index contributed by atoms with van der Waals surface area (Å²) in [5, 5.41) is 8.78. The molecular formula is C21H16N4O2. The number of para-hydroxylation sites is 2. The Balaban J connectivity index is 1.88. The van der Waals surface area contributed by atoms with Gasteiger partial charge in [-0.15, -0.1) is 0 Å². The monoisotopic (exact) mass is 356 g/mol. The topological polar surface area (TPSA) is 68.9 Å². The number of imide groups is 1. The van der Waals surface area contributed by atoms with Gasteiger partial charge in [0.15, 0.2) is 0 Å². The summed E-state index contributed by atoms with van der Waals surface area (Å²) in [4.78, 5) is 25.4. The van der Waals surface area contributed by atoms with Crippen molar-refractivity contribution in [1.82, 2.24) is 19.7 Å². The van der Waals surface area contributed by atoms with Crippen molar-refractivity contribution in [3.63, 3.8) is 0 Å². The molecule has 0 saturated carbocycles. The van der Waals surface area contributed by atoms with Gasteiger partial charge in [0.05, 0.1) is 16.7 Å². The molecule has 5 rings (SSSR count). The molecule has 132 valence electrons. The van der Waals surface area contributed by atoms with Gasteiger partial charge in [0.2, 0.25) is 0 Å². The SMILES string of the molecule is Cn1cc(C2=C(c3nn(C)c4ccccc34)C(=O)NC2=O)c2ccccc21. The lowest BCUT2D eigenvalue weighted by atomic mass is 9.97. The van der Waals surface area contributed by atoms with Crippen molar-refractivity contribution in [1.29, 1.82) is 0 Å². The third kappa shape index (κ3) is 2.10. The zero-order chi connectivity index (χ0) is 18.7. The second-order valence-electron chi connectivity index (χ2n) is 6.69. The normalized spacial score (nSPS) is 14.6. The van der Waals surface area contributed by atoms with Crippen LogP contribution in [0.1, 0.15) is 11.3 Å². The van der Waals surface area contributed by atoms with Crippen molar-refractivity contribution >= 4 is 44.8 Å². The Bertz CT molecular complexity index is 1210. The first kappa shape index (κ1) is 15.6. The average Bonchev–Trinajstić information content (AvgIpc) is 3.27. The van der Waals surface area contributed by atoms with E-state index in [9.17, 15) is 9.59 Å². The molecule has 2 amide bonds. The summed E-state index contributed by atoms with van der Waals surface area (Å²) >= 11 is 0. The highest BCUT2D eigenvalue weighted by atomic mass is 16.2. The number of aryl methyl sites for hydroxylation is 2. The molecule has 0 saturated heterocycles. The highest BCUT2D eigenvalue weighted by Crippen LogP contribution is 2.37. The molecule has 0 unspecified atom stereocenters. The lowest BCUT2D eigenvalue weighted by Crippen LogP contribution is -2.22. The number of aromatic nitrogens is 3. The van der Waals surface area contributed by atoms with E-state index in [4.69, 9.17) is 0 Å². The van der Waals surface area contributed by atoms with Gasteiger partial charge < -0.3 is 4.57 Å². The molecule has 2 aromatic heterocycles. The summed E-state index contributed by atoms with van der Waals surface area (Å²) in [6, 6.07) is 15.5. The molecule has 6 nitrogen and oxygen atoms in total. The second kappa shape index (κ2) is 5.41. The Hall–Kier alpha value is -3.67. The number of hydrogen-bond acceptors (Lipinski definition) is 3. The molecule has 0 spiro atoms.